The third-order valence-electron chi connectivity index (χ3n) is 4.51. The van der Waals surface area contributed by atoms with Gasteiger partial charge in [0.05, 0.1) is 6.61 Å². The molecule has 2 aromatic carbocycles. The van der Waals surface area contributed by atoms with E-state index in [0.29, 0.717) is 11.3 Å². The molecule has 1 fully saturated rings. The normalized spacial score (nSPS) is 15.8. The number of amides is 2. The fourth-order valence-corrected chi connectivity index (χ4v) is 3.10. The summed E-state index contributed by atoms with van der Waals surface area (Å²) in [5, 5.41) is 5.49. The maximum Gasteiger partial charge on any atom is 0.397 e. The van der Waals surface area contributed by atoms with Gasteiger partial charge in [-0.15, -0.1) is 0 Å². The van der Waals surface area contributed by atoms with E-state index < -0.39 is 11.9 Å². The van der Waals surface area contributed by atoms with Crippen molar-refractivity contribution in [2.75, 3.05) is 29.9 Å². The highest BCUT2D eigenvalue weighted by atomic mass is 16.5. The van der Waals surface area contributed by atoms with E-state index in [0.717, 1.165) is 25.2 Å². The number of ether oxygens (including phenoxy) is 1. The van der Waals surface area contributed by atoms with E-state index in [1.807, 2.05) is 18.2 Å². The van der Waals surface area contributed by atoms with E-state index in [9.17, 15) is 14.4 Å². The smallest absolute Gasteiger partial charge is 0.397 e. The summed E-state index contributed by atoms with van der Waals surface area (Å²) in [6, 6.07) is 16.6. The number of hydrogen-bond donors (Lipinski definition) is 2. The molecule has 7 heteroatoms. The van der Waals surface area contributed by atoms with E-state index in [2.05, 4.69) is 32.4 Å². The summed E-state index contributed by atoms with van der Waals surface area (Å²) in [6.45, 7) is 3.42. The zero-order valence-corrected chi connectivity index (χ0v) is 15.7. The van der Waals surface area contributed by atoms with Crippen LogP contribution in [-0.4, -0.2) is 43.5 Å². The molecule has 2 aromatic rings. The van der Waals surface area contributed by atoms with Gasteiger partial charge >= 0.3 is 11.9 Å². The molecule has 3 rings (SSSR count). The number of carbonyl (C=O) groups excluding carboxylic acids is 3. The molecule has 1 unspecified atom stereocenters. The predicted octanol–water partition coefficient (Wildman–Crippen LogP) is 2.20. The topological polar surface area (TPSA) is 87.7 Å². The summed E-state index contributed by atoms with van der Waals surface area (Å²) in [6.07, 6.45) is 0.883. The van der Waals surface area contributed by atoms with Crippen LogP contribution >= 0.6 is 0 Å². The van der Waals surface area contributed by atoms with Crippen LogP contribution in [0.2, 0.25) is 0 Å². The Bertz CT molecular complexity index is 836. The van der Waals surface area contributed by atoms with Gasteiger partial charge in [0, 0.05) is 36.1 Å². The first-order valence-electron chi connectivity index (χ1n) is 9.26. The Hall–Kier alpha value is -3.35. The standard InChI is InChI=1S/C21H23N3O4/c1-2-28-21(27)20(26)22-16-10-8-15(9-11-16)19(25)23-17-12-13-24(14-17)18-6-4-3-5-7-18/h3-11,17H,2,12-14H2,1H3,(H,22,26)(H,23,25). The van der Waals surface area contributed by atoms with Crippen molar-refractivity contribution in [2.24, 2.45) is 0 Å². The summed E-state index contributed by atoms with van der Waals surface area (Å²) in [7, 11) is 0. The van der Waals surface area contributed by atoms with Gasteiger partial charge < -0.3 is 20.3 Å². The molecular weight excluding hydrogens is 358 g/mol. The van der Waals surface area contributed by atoms with Crippen LogP contribution in [-0.2, 0) is 14.3 Å². The molecule has 0 aliphatic carbocycles. The van der Waals surface area contributed by atoms with Gasteiger partial charge in [-0.2, -0.15) is 0 Å². The summed E-state index contributed by atoms with van der Waals surface area (Å²) in [4.78, 5) is 37.7. The molecule has 0 radical (unpaired) electrons. The van der Waals surface area contributed by atoms with Gasteiger partial charge in [-0.05, 0) is 49.7 Å². The van der Waals surface area contributed by atoms with Crippen molar-refractivity contribution in [3.63, 3.8) is 0 Å². The number of para-hydroxylation sites is 1. The lowest BCUT2D eigenvalue weighted by atomic mass is 10.1. The van der Waals surface area contributed by atoms with Gasteiger partial charge in [0.1, 0.15) is 0 Å². The maximum absolute atomic E-state index is 12.5. The molecule has 0 bridgehead atoms. The fraction of sp³-hybridized carbons (Fsp3) is 0.286. The molecule has 7 nitrogen and oxygen atoms in total. The van der Waals surface area contributed by atoms with E-state index in [4.69, 9.17) is 0 Å². The summed E-state index contributed by atoms with van der Waals surface area (Å²) < 4.78 is 4.63. The van der Waals surface area contributed by atoms with Gasteiger partial charge in [0.15, 0.2) is 0 Å². The van der Waals surface area contributed by atoms with E-state index in [1.165, 1.54) is 0 Å². The minimum atomic E-state index is -0.937. The van der Waals surface area contributed by atoms with E-state index in [1.54, 1.807) is 31.2 Å². The number of hydrogen-bond acceptors (Lipinski definition) is 5. The molecule has 2 amide bonds. The van der Waals surface area contributed by atoms with Crippen molar-refractivity contribution in [3.8, 4) is 0 Å². The Balaban J connectivity index is 1.52. The minimum absolute atomic E-state index is 0.0795. The van der Waals surface area contributed by atoms with Crippen LogP contribution in [0.5, 0.6) is 0 Å². The second kappa shape index (κ2) is 9.03. The molecule has 0 aromatic heterocycles. The molecule has 1 atom stereocenters. The van der Waals surface area contributed by atoms with Crippen LogP contribution in [0.1, 0.15) is 23.7 Å². The highest BCUT2D eigenvalue weighted by Gasteiger charge is 2.24. The highest BCUT2D eigenvalue weighted by Crippen LogP contribution is 2.20. The lowest BCUT2D eigenvalue weighted by Gasteiger charge is -2.19. The number of nitrogens with zero attached hydrogens (tertiary/aromatic N) is 1. The SMILES string of the molecule is CCOC(=O)C(=O)Nc1ccc(C(=O)NC2CCN(c3ccccc3)C2)cc1. The Morgan fingerprint density at radius 1 is 1.07 bits per heavy atom. The molecule has 28 heavy (non-hydrogen) atoms. The molecule has 0 saturated carbocycles. The van der Waals surface area contributed by atoms with Gasteiger partial charge in [0.25, 0.3) is 5.91 Å². The Labute approximate surface area is 163 Å². The Morgan fingerprint density at radius 3 is 2.46 bits per heavy atom. The summed E-state index contributed by atoms with van der Waals surface area (Å²) in [5.74, 6) is -1.94. The molecule has 0 spiro atoms. The molecule has 146 valence electrons. The van der Waals surface area contributed by atoms with Gasteiger partial charge in [-0.3, -0.25) is 9.59 Å². The molecule has 1 saturated heterocycles. The van der Waals surface area contributed by atoms with Crippen LogP contribution in [0.15, 0.2) is 54.6 Å². The van der Waals surface area contributed by atoms with Crippen molar-refractivity contribution < 1.29 is 19.1 Å². The fourth-order valence-electron chi connectivity index (χ4n) is 3.10. The van der Waals surface area contributed by atoms with Crippen LogP contribution in [0.25, 0.3) is 0 Å². The first-order chi connectivity index (χ1) is 13.6. The van der Waals surface area contributed by atoms with E-state index >= 15 is 0 Å². The zero-order chi connectivity index (χ0) is 19.9. The second-order valence-corrected chi connectivity index (χ2v) is 6.49. The van der Waals surface area contributed by atoms with Gasteiger partial charge in [-0.1, -0.05) is 18.2 Å². The van der Waals surface area contributed by atoms with Crippen molar-refractivity contribution in [1.82, 2.24) is 5.32 Å². The first kappa shape index (κ1) is 19.4. The summed E-state index contributed by atoms with van der Waals surface area (Å²) in [5.41, 5.74) is 2.07. The lowest BCUT2D eigenvalue weighted by molar-refractivity contribution is -0.152. The number of esters is 1. The molecule has 1 aliphatic heterocycles. The third-order valence-corrected chi connectivity index (χ3v) is 4.51. The predicted molar refractivity (Wildman–Crippen MR) is 106 cm³/mol. The Kier molecular flexibility index (Phi) is 6.26. The maximum atomic E-state index is 12.5. The number of benzene rings is 2. The quantitative estimate of drug-likeness (QED) is 0.612. The van der Waals surface area contributed by atoms with Crippen molar-refractivity contribution >= 4 is 29.2 Å². The monoisotopic (exact) mass is 381 g/mol. The number of rotatable bonds is 5. The molecular formula is C21H23N3O4. The lowest BCUT2D eigenvalue weighted by Crippen LogP contribution is -2.37. The second-order valence-electron chi connectivity index (χ2n) is 6.49. The number of nitrogens with one attached hydrogen (secondary N) is 2. The average Bonchev–Trinajstić information content (AvgIpc) is 3.18. The minimum Gasteiger partial charge on any atom is -0.459 e. The number of anilines is 2. The van der Waals surface area contributed by atoms with Crippen molar-refractivity contribution in [2.45, 2.75) is 19.4 Å². The third kappa shape index (κ3) is 4.88. The van der Waals surface area contributed by atoms with Gasteiger partial charge in [0.2, 0.25) is 0 Å². The van der Waals surface area contributed by atoms with Crippen molar-refractivity contribution in [3.05, 3.63) is 60.2 Å². The summed E-state index contributed by atoms with van der Waals surface area (Å²) >= 11 is 0. The highest BCUT2D eigenvalue weighted by molar-refractivity contribution is 6.37. The van der Waals surface area contributed by atoms with Crippen molar-refractivity contribution in [1.29, 1.82) is 0 Å². The average molecular weight is 381 g/mol. The first-order valence-corrected chi connectivity index (χ1v) is 9.26. The van der Waals surface area contributed by atoms with Crippen LogP contribution in [0.3, 0.4) is 0 Å². The zero-order valence-electron chi connectivity index (χ0n) is 15.7. The van der Waals surface area contributed by atoms with Crippen LogP contribution < -0.4 is 15.5 Å². The number of carbonyl (C=O) groups is 3. The molecule has 1 heterocycles. The van der Waals surface area contributed by atoms with Crippen LogP contribution in [0, 0.1) is 0 Å². The largest absolute Gasteiger partial charge is 0.459 e. The van der Waals surface area contributed by atoms with E-state index in [-0.39, 0.29) is 18.6 Å². The van der Waals surface area contributed by atoms with Gasteiger partial charge in [-0.25, -0.2) is 4.79 Å². The Morgan fingerprint density at radius 2 is 1.79 bits per heavy atom. The molecule has 1 aliphatic rings. The molecule has 2 N–H and O–H groups in total. The van der Waals surface area contributed by atoms with Crippen LogP contribution in [0.4, 0.5) is 11.4 Å².